The van der Waals surface area contributed by atoms with E-state index in [1.54, 1.807) is 12.1 Å². The highest BCUT2D eigenvalue weighted by molar-refractivity contribution is 5.85. The molecule has 116 valence electrons. The van der Waals surface area contributed by atoms with Crippen molar-refractivity contribution in [2.75, 3.05) is 6.54 Å². The van der Waals surface area contributed by atoms with Crippen LogP contribution in [0.25, 0.3) is 0 Å². The van der Waals surface area contributed by atoms with E-state index in [1.165, 1.54) is 12.1 Å². The number of carbonyl (C=O) groups excluding carboxylic acids is 1. The number of non-ortho nitro benzene ring substituents is 1. The van der Waals surface area contributed by atoms with Crippen molar-refractivity contribution in [1.29, 1.82) is 0 Å². The molecule has 1 atom stereocenters. The fraction of sp³-hybridized carbons (Fsp3) is 0.500. The lowest BCUT2D eigenvalue weighted by atomic mass is 9.95. The van der Waals surface area contributed by atoms with Gasteiger partial charge >= 0.3 is 0 Å². The maximum Gasteiger partial charge on any atom is 0.269 e. The molecule has 0 bridgehead atoms. The fourth-order valence-electron chi connectivity index (χ4n) is 2.32. The Hall–Kier alpha value is -1.66. The van der Waals surface area contributed by atoms with Crippen LogP contribution in [0.15, 0.2) is 24.3 Å². The molecule has 1 aliphatic rings. The Bertz CT molecular complexity index is 517. The summed E-state index contributed by atoms with van der Waals surface area (Å²) in [5.41, 5.74) is 6.20. The zero-order valence-electron chi connectivity index (χ0n) is 11.9. The van der Waals surface area contributed by atoms with Gasteiger partial charge in [0.1, 0.15) is 0 Å². The lowest BCUT2D eigenvalue weighted by Crippen LogP contribution is -2.53. The Kier molecular flexibility index (Phi) is 5.69. The van der Waals surface area contributed by atoms with Gasteiger partial charge in [-0.3, -0.25) is 14.9 Å². The highest BCUT2D eigenvalue weighted by Gasteiger charge is 2.41. The minimum atomic E-state index is -0.456. The number of halogens is 1. The number of nitrogens with two attached hydrogens (primary N) is 1. The number of hydrogen-bond acceptors (Lipinski definition) is 4. The van der Waals surface area contributed by atoms with E-state index >= 15 is 0 Å². The molecular weight excluding hydrogens is 294 g/mol. The van der Waals surface area contributed by atoms with Crippen LogP contribution in [0.5, 0.6) is 0 Å². The lowest BCUT2D eigenvalue weighted by Gasteiger charge is -2.29. The molecule has 1 saturated carbocycles. The summed E-state index contributed by atoms with van der Waals surface area (Å²) in [6.45, 7) is 2.39. The van der Waals surface area contributed by atoms with E-state index in [0.717, 1.165) is 18.4 Å². The first kappa shape index (κ1) is 17.4. The smallest absolute Gasteiger partial charge is 0.269 e. The first-order chi connectivity index (χ1) is 9.44. The summed E-state index contributed by atoms with van der Waals surface area (Å²) < 4.78 is 0. The van der Waals surface area contributed by atoms with Crippen LogP contribution in [0.3, 0.4) is 0 Å². The minimum Gasteiger partial charge on any atom is -0.349 e. The van der Waals surface area contributed by atoms with Crippen LogP contribution in [-0.4, -0.2) is 22.9 Å². The Labute approximate surface area is 129 Å². The van der Waals surface area contributed by atoms with Gasteiger partial charge in [-0.1, -0.05) is 12.1 Å². The quantitative estimate of drug-likeness (QED) is 0.618. The number of nitro benzene ring substituents is 1. The third kappa shape index (κ3) is 4.41. The van der Waals surface area contributed by atoms with E-state index in [0.29, 0.717) is 12.5 Å². The van der Waals surface area contributed by atoms with Crippen LogP contribution >= 0.6 is 12.4 Å². The number of nitro groups is 1. The maximum atomic E-state index is 12.0. The molecule has 1 aliphatic carbocycles. The lowest BCUT2D eigenvalue weighted by molar-refractivity contribution is -0.384. The summed E-state index contributed by atoms with van der Waals surface area (Å²) >= 11 is 0. The van der Waals surface area contributed by atoms with Crippen molar-refractivity contribution in [3.8, 4) is 0 Å². The van der Waals surface area contributed by atoms with Gasteiger partial charge in [0, 0.05) is 18.7 Å². The van der Waals surface area contributed by atoms with Crippen molar-refractivity contribution < 1.29 is 9.72 Å². The number of nitrogens with zero attached hydrogens (tertiary/aromatic N) is 1. The number of hydrogen-bond donors (Lipinski definition) is 2. The van der Waals surface area contributed by atoms with E-state index in [4.69, 9.17) is 5.73 Å². The average Bonchev–Trinajstić information content (AvgIpc) is 3.23. The summed E-state index contributed by atoms with van der Waals surface area (Å²) in [5.74, 6) is 0.368. The monoisotopic (exact) mass is 313 g/mol. The summed E-state index contributed by atoms with van der Waals surface area (Å²) in [5, 5.41) is 13.5. The first-order valence-electron chi connectivity index (χ1n) is 6.69. The molecule has 0 spiro atoms. The fourth-order valence-corrected chi connectivity index (χ4v) is 2.32. The Morgan fingerprint density at radius 3 is 2.43 bits per heavy atom. The summed E-state index contributed by atoms with van der Waals surface area (Å²) in [6.07, 6.45) is 2.41. The van der Waals surface area contributed by atoms with Gasteiger partial charge in [-0.2, -0.15) is 0 Å². The van der Waals surface area contributed by atoms with Crippen LogP contribution in [0.1, 0.15) is 25.3 Å². The molecular formula is C14H20ClN3O3. The molecule has 0 aliphatic heterocycles. The molecule has 2 rings (SSSR count). The molecule has 1 amide bonds. The third-order valence-electron chi connectivity index (χ3n) is 3.84. The van der Waals surface area contributed by atoms with Crippen molar-refractivity contribution in [1.82, 2.24) is 5.32 Å². The highest BCUT2D eigenvalue weighted by atomic mass is 35.5. The molecule has 0 heterocycles. The second-order valence-corrected chi connectivity index (χ2v) is 5.54. The predicted octanol–water partition coefficient (Wildman–Crippen LogP) is 1.80. The molecule has 1 aromatic rings. The number of carbonyl (C=O) groups is 1. The molecule has 1 fully saturated rings. The largest absolute Gasteiger partial charge is 0.349 e. The molecule has 0 radical (unpaired) electrons. The zero-order chi connectivity index (χ0) is 14.8. The molecule has 3 N–H and O–H groups in total. The highest BCUT2D eigenvalue weighted by Crippen LogP contribution is 2.38. The maximum absolute atomic E-state index is 12.0. The van der Waals surface area contributed by atoms with E-state index in [1.807, 2.05) is 6.92 Å². The molecule has 21 heavy (non-hydrogen) atoms. The van der Waals surface area contributed by atoms with E-state index in [2.05, 4.69) is 5.32 Å². The minimum absolute atomic E-state index is 0. The third-order valence-corrected chi connectivity index (χ3v) is 3.84. The summed E-state index contributed by atoms with van der Waals surface area (Å²) in [4.78, 5) is 22.1. The zero-order valence-corrected chi connectivity index (χ0v) is 12.7. The molecule has 1 aromatic carbocycles. The predicted molar refractivity (Wildman–Crippen MR) is 82.4 cm³/mol. The van der Waals surface area contributed by atoms with Crippen molar-refractivity contribution in [3.05, 3.63) is 39.9 Å². The Morgan fingerprint density at radius 1 is 1.43 bits per heavy atom. The van der Waals surface area contributed by atoms with Crippen LogP contribution in [-0.2, 0) is 11.2 Å². The van der Waals surface area contributed by atoms with E-state index < -0.39 is 4.92 Å². The van der Waals surface area contributed by atoms with Gasteiger partial charge < -0.3 is 11.1 Å². The van der Waals surface area contributed by atoms with Gasteiger partial charge in [0.15, 0.2) is 0 Å². The SMILES string of the molecule is CC(CN)(NC(=O)Cc1ccc([N+](=O)[O-])cc1)C1CC1.Cl. The molecule has 1 unspecified atom stereocenters. The number of benzene rings is 1. The van der Waals surface area contributed by atoms with Crippen LogP contribution < -0.4 is 11.1 Å². The average molecular weight is 314 g/mol. The molecule has 6 nitrogen and oxygen atoms in total. The standard InChI is InChI=1S/C14H19N3O3.ClH/c1-14(9-15,11-4-5-11)16-13(18)8-10-2-6-12(7-3-10)17(19)20;/h2-3,6-7,11H,4-5,8-9,15H2,1H3,(H,16,18);1H. The number of amides is 1. The Balaban J connectivity index is 0.00000220. The van der Waals surface area contributed by atoms with Crippen molar-refractivity contribution in [3.63, 3.8) is 0 Å². The summed E-state index contributed by atoms with van der Waals surface area (Å²) in [6, 6.07) is 6.03. The summed E-state index contributed by atoms with van der Waals surface area (Å²) in [7, 11) is 0. The number of nitrogens with one attached hydrogen (secondary N) is 1. The normalized spacial score (nSPS) is 16.5. The number of rotatable bonds is 6. The van der Waals surface area contributed by atoms with Gasteiger partial charge in [-0.15, -0.1) is 12.4 Å². The van der Waals surface area contributed by atoms with Crippen molar-refractivity contribution in [2.24, 2.45) is 11.7 Å². The molecule has 7 heteroatoms. The Morgan fingerprint density at radius 2 is 2.00 bits per heavy atom. The topological polar surface area (TPSA) is 98.3 Å². The first-order valence-corrected chi connectivity index (χ1v) is 6.69. The van der Waals surface area contributed by atoms with Gasteiger partial charge in [-0.25, -0.2) is 0 Å². The van der Waals surface area contributed by atoms with Crippen LogP contribution in [0.4, 0.5) is 5.69 Å². The van der Waals surface area contributed by atoms with Crippen LogP contribution in [0.2, 0.25) is 0 Å². The van der Waals surface area contributed by atoms with Crippen LogP contribution in [0, 0.1) is 16.0 Å². The van der Waals surface area contributed by atoms with E-state index in [9.17, 15) is 14.9 Å². The van der Waals surface area contributed by atoms with Gasteiger partial charge in [0.25, 0.3) is 5.69 Å². The van der Waals surface area contributed by atoms with Gasteiger partial charge in [-0.05, 0) is 31.2 Å². The second-order valence-electron chi connectivity index (χ2n) is 5.54. The van der Waals surface area contributed by atoms with E-state index in [-0.39, 0.29) is 36.0 Å². The molecule has 0 aromatic heterocycles. The van der Waals surface area contributed by atoms with Gasteiger partial charge in [0.2, 0.25) is 5.91 Å². The second kappa shape index (κ2) is 6.87. The van der Waals surface area contributed by atoms with Crippen molar-refractivity contribution >= 4 is 24.0 Å². The van der Waals surface area contributed by atoms with Gasteiger partial charge in [0.05, 0.1) is 16.9 Å². The molecule has 0 saturated heterocycles. The van der Waals surface area contributed by atoms with Crippen molar-refractivity contribution in [2.45, 2.75) is 31.7 Å².